The lowest BCUT2D eigenvalue weighted by molar-refractivity contribution is 0.0925. The van der Waals surface area contributed by atoms with E-state index >= 15 is 0 Å². The van der Waals surface area contributed by atoms with Crippen LogP contribution in [0, 0.1) is 0 Å². The van der Waals surface area contributed by atoms with Crippen LogP contribution >= 0.6 is 11.8 Å². The highest BCUT2D eigenvalue weighted by Gasteiger charge is 2.28. The van der Waals surface area contributed by atoms with Crippen LogP contribution in [0.3, 0.4) is 0 Å². The van der Waals surface area contributed by atoms with Crippen molar-refractivity contribution < 1.29 is 18.7 Å². The maximum absolute atomic E-state index is 13.2. The van der Waals surface area contributed by atoms with Gasteiger partial charge >= 0.3 is 0 Å². The number of amides is 2. The number of carbonyl (C=O) groups excluding carboxylic acids is 2. The number of rotatable bonds is 5. The first kappa shape index (κ1) is 19.3. The van der Waals surface area contributed by atoms with Crippen molar-refractivity contribution in [3.8, 4) is 0 Å². The Balaban J connectivity index is 1.72. The van der Waals surface area contributed by atoms with Crippen molar-refractivity contribution >= 4 is 35.0 Å². The number of nitrogens with zero attached hydrogens (tertiary/aromatic N) is 1. The molecule has 2 heterocycles. The number of methoxy groups -OCH3 is 1. The minimum absolute atomic E-state index is 0.0640. The maximum Gasteiger partial charge on any atom is 0.259 e. The van der Waals surface area contributed by atoms with Gasteiger partial charge in [-0.1, -0.05) is 23.9 Å². The summed E-state index contributed by atoms with van der Waals surface area (Å²) in [5.41, 5.74) is 2.54. The maximum atomic E-state index is 13.2. The molecule has 0 saturated carbocycles. The molecule has 3 aromatic rings. The lowest BCUT2D eigenvalue weighted by Crippen LogP contribution is -2.37. The third-order valence-electron chi connectivity index (χ3n) is 4.72. The Morgan fingerprint density at radius 1 is 1.21 bits per heavy atom. The third-order valence-corrected chi connectivity index (χ3v) is 5.84. The summed E-state index contributed by atoms with van der Waals surface area (Å²) in [4.78, 5) is 29.1. The van der Waals surface area contributed by atoms with E-state index in [2.05, 4.69) is 5.32 Å². The van der Waals surface area contributed by atoms with Gasteiger partial charge in [-0.25, -0.2) is 0 Å². The average molecular weight is 408 g/mol. The van der Waals surface area contributed by atoms with Crippen LogP contribution in [0.4, 0.5) is 11.4 Å². The van der Waals surface area contributed by atoms with Crippen molar-refractivity contribution in [2.75, 3.05) is 23.9 Å². The van der Waals surface area contributed by atoms with Gasteiger partial charge in [-0.15, -0.1) is 0 Å². The second-order valence-corrected chi connectivity index (χ2v) is 7.79. The summed E-state index contributed by atoms with van der Waals surface area (Å²) in [7, 11) is 1.63. The van der Waals surface area contributed by atoms with Crippen LogP contribution in [0.5, 0.6) is 0 Å². The highest BCUT2D eigenvalue weighted by molar-refractivity contribution is 7.99. The number of ether oxygens (including phenoxy) is 1. The highest BCUT2D eigenvalue weighted by Crippen LogP contribution is 2.42. The van der Waals surface area contributed by atoms with Gasteiger partial charge in [0, 0.05) is 22.6 Å². The standard InChI is InChI=1S/C22H20N2O4S/c1-14(27-2)12-24-18-8-7-16(23-21(25)15-9-10-28-13-15)11-20(18)29-19-6-4-3-5-17(19)22(24)26/h3-11,13-14H,12H2,1-2H3,(H,23,25). The van der Waals surface area contributed by atoms with Crippen LogP contribution in [-0.2, 0) is 4.74 Å². The molecule has 0 saturated heterocycles. The largest absolute Gasteiger partial charge is 0.472 e. The first-order valence-electron chi connectivity index (χ1n) is 9.16. The molecule has 1 aliphatic heterocycles. The van der Waals surface area contributed by atoms with E-state index in [1.165, 1.54) is 24.3 Å². The molecule has 0 bridgehead atoms. The van der Waals surface area contributed by atoms with Crippen molar-refractivity contribution in [3.05, 3.63) is 72.2 Å². The summed E-state index contributed by atoms with van der Waals surface area (Å²) < 4.78 is 10.4. The fourth-order valence-electron chi connectivity index (χ4n) is 3.11. The highest BCUT2D eigenvalue weighted by atomic mass is 32.2. The lowest BCUT2D eigenvalue weighted by atomic mass is 10.1. The lowest BCUT2D eigenvalue weighted by Gasteiger charge is -2.26. The first-order chi connectivity index (χ1) is 14.1. The zero-order valence-corrected chi connectivity index (χ0v) is 16.9. The fraction of sp³-hybridized carbons (Fsp3) is 0.182. The molecule has 1 aliphatic rings. The number of hydrogen-bond donors (Lipinski definition) is 1. The molecule has 148 valence electrons. The SMILES string of the molecule is COC(C)CN1C(=O)c2ccccc2Sc2cc(NC(=O)c3ccoc3)ccc21. The van der Waals surface area contributed by atoms with Gasteiger partial charge in [0.25, 0.3) is 11.8 Å². The normalized spacial score (nSPS) is 14.0. The minimum atomic E-state index is -0.251. The summed E-state index contributed by atoms with van der Waals surface area (Å²) in [6, 6.07) is 14.7. The molecule has 1 atom stereocenters. The van der Waals surface area contributed by atoms with Crippen LogP contribution < -0.4 is 10.2 Å². The molecule has 7 heteroatoms. The van der Waals surface area contributed by atoms with Gasteiger partial charge in [-0.2, -0.15) is 0 Å². The van der Waals surface area contributed by atoms with Gasteiger partial charge in [0.15, 0.2) is 0 Å². The second kappa shape index (κ2) is 8.14. The van der Waals surface area contributed by atoms with Gasteiger partial charge in [0.1, 0.15) is 6.26 Å². The summed E-state index contributed by atoms with van der Waals surface area (Å²) >= 11 is 1.51. The number of carbonyl (C=O) groups is 2. The number of nitrogens with one attached hydrogen (secondary N) is 1. The molecule has 1 aromatic heterocycles. The van der Waals surface area contributed by atoms with Crippen LogP contribution in [0.25, 0.3) is 0 Å². The van der Waals surface area contributed by atoms with Gasteiger partial charge in [0.2, 0.25) is 0 Å². The number of furan rings is 1. The Labute approximate surface area is 172 Å². The molecule has 1 unspecified atom stereocenters. The van der Waals surface area contributed by atoms with Crippen molar-refractivity contribution in [1.82, 2.24) is 0 Å². The molecule has 0 spiro atoms. The van der Waals surface area contributed by atoms with Crippen molar-refractivity contribution in [2.24, 2.45) is 0 Å². The predicted octanol–water partition coefficient (Wildman–Crippen LogP) is 4.68. The smallest absolute Gasteiger partial charge is 0.259 e. The monoisotopic (exact) mass is 408 g/mol. The molecule has 0 aliphatic carbocycles. The Morgan fingerprint density at radius 3 is 2.79 bits per heavy atom. The third kappa shape index (κ3) is 3.92. The van der Waals surface area contributed by atoms with Crippen molar-refractivity contribution in [3.63, 3.8) is 0 Å². The van der Waals surface area contributed by atoms with Gasteiger partial charge in [0.05, 0.1) is 35.7 Å². The van der Waals surface area contributed by atoms with E-state index in [4.69, 9.17) is 9.15 Å². The van der Waals surface area contributed by atoms with Gasteiger partial charge < -0.3 is 19.4 Å². The van der Waals surface area contributed by atoms with Gasteiger partial charge in [-0.05, 0) is 43.3 Å². The Kier molecular flexibility index (Phi) is 5.42. The van der Waals surface area contributed by atoms with Crippen molar-refractivity contribution in [1.29, 1.82) is 0 Å². The molecule has 2 aromatic carbocycles. The number of hydrogen-bond acceptors (Lipinski definition) is 5. The van der Waals surface area contributed by atoms with Crippen LogP contribution in [-0.4, -0.2) is 31.6 Å². The Bertz CT molecular complexity index is 1050. The van der Waals surface area contributed by atoms with E-state index in [0.29, 0.717) is 23.4 Å². The zero-order valence-electron chi connectivity index (χ0n) is 16.0. The number of benzene rings is 2. The van der Waals surface area contributed by atoms with Gasteiger partial charge in [-0.3, -0.25) is 9.59 Å². The van der Waals surface area contributed by atoms with E-state index < -0.39 is 0 Å². The average Bonchev–Trinajstić information content (AvgIpc) is 3.24. The van der Waals surface area contributed by atoms with E-state index in [-0.39, 0.29) is 17.9 Å². The molecule has 2 amide bonds. The molecule has 0 radical (unpaired) electrons. The molecule has 6 nitrogen and oxygen atoms in total. The van der Waals surface area contributed by atoms with Crippen LogP contribution in [0.2, 0.25) is 0 Å². The molecule has 0 fully saturated rings. The predicted molar refractivity (Wildman–Crippen MR) is 112 cm³/mol. The summed E-state index contributed by atoms with van der Waals surface area (Å²) in [5.74, 6) is -0.315. The Morgan fingerprint density at radius 2 is 2.03 bits per heavy atom. The fourth-order valence-corrected chi connectivity index (χ4v) is 4.23. The van der Waals surface area contributed by atoms with E-state index in [1.807, 2.05) is 43.3 Å². The summed E-state index contributed by atoms with van der Waals surface area (Å²) in [5, 5.41) is 2.88. The zero-order chi connectivity index (χ0) is 20.4. The van der Waals surface area contributed by atoms with Crippen LogP contribution in [0.1, 0.15) is 27.6 Å². The number of anilines is 2. The van der Waals surface area contributed by atoms with E-state index in [0.717, 1.165) is 15.5 Å². The summed E-state index contributed by atoms with van der Waals surface area (Å²) in [6.07, 6.45) is 2.73. The first-order valence-corrected chi connectivity index (χ1v) is 9.97. The quantitative estimate of drug-likeness (QED) is 0.664. The van der Waals surface area contributed by atoms with E-state index in [1.54, 1.807) is 24.1 Å². The molecule has 29 heavy (non-hydrogen) atoms. The van der Waals surface area contributed by atoms with E-state index in [9.17, 15) is 9.59 Å². The second-order valence-electron chi connectivity index (χ2n) is 6.71. The van der Waals surface area contributed by atoms with Crippen LogP contribution in [0.15, 0.2) is 75.3 Å². The molecular weight excluding hydrogens is 388 g/mol. The molecule has 4 rings (SSSR count). The topological polar surface area (TPSA) is 71.8 Å². The molecule has 1 N–H and O–H groups in total. The molecular formula is C22H20N2O4S. The minimum Gasteiger partial charge on any atom is -0.472 e. The summed E-state index contributed by atoms with van der Waals surface area (Å²) in [6.45, 7) is 2.36. The Hall–Kier alpha value is -3.03. The van der Waals surface area contributed by atoms with Crippen molar-refractivity contribution in [2.45, 2.75) is 22.8 Å². The number of fused-ring (bicyclic) bond motifs is 2.